The maximum absolute atomic E-state index is 10.3. The molecule has 1 heterocycles. The first-order valence-corrected chi connectivity index (χ1v) is 9.53. The van der Waals surface area contributed by atoms with Crippen LogP contribution in [0, 0.1) is 6.92 Å². The van der Waals surface area contributed by atoms with Gasteiger partial charge in [-0.25, -0.2) is 0 Å². The third-order valence-corrected chi connectivity index (χ3v) is 4.97. The molecule has 1 atom stereocenters. The van der Waals surface area contributed by atoms with Gasteiger partial charge in [-0.3, -0.25) is 9.80 Å². The molecule has 0 spiro atoms. The first-order valence-electron chi connectivity index (χ1n) is 9.15. The van der Waals surface area contributed by atoms with Gasteiger partial charge in [-0.05, 0) is 36.8 Å². The van der Waals surface area contributed by atoms with Crippen LogP contribution in [0.1, 0.15) is 11.1 Å². The lowest BCUT2D eigenvalue weighted by atomic mass is 10.2. The van der Waals surface area contributed by atoms with Crippen molar-refractivity contribution >= 4 is 11.6 Å². The molecule has 1 aliphatic rings. The van der Waals surface area contributed by atoms with Gasteiger partial charge in [-0.2, -0.15) is 0 Å². The van der Waals surface area contributed by atoms with Crippen LogP contribution >= 0.6 is 11.6 Å². The molecule has 0 aliphatic carbocycles. The van der Waals surface area contributed by atoms with Crippen molar-refractivity contribution in [3.8, 4) is 5.75 Å². The predicted octanol–water partition coefficient (Wildman–Crippen LogP) is 3.21. The van der Waals surface area contributed by atoms with Crippen molar-refractivity contribution in [3.05, 3.63) is 64.7 Å². The van der Waals surface area contributed by atoms with Crippen LogP contribution in [0.5, 0.6) is 5.75 Å². The molecule has 3 rings (SSSR count). The summed E-state index contributed by atoms with van der Waals surface area (Å²) in [5, 5.41) is 11.0. The fraction of sp³-hybridized carbons (Fsp3) is 0.429. The average molecular weight is 375 g/mol. The van der Waals surface area contributed by atoms with Crippen LogP contribution in [-0.4, -0.2) is 60.3 Å². The summed E-state index contributed by atoms with van der Waals surface area (Å²) < 4.78 is 5.68. The second kappa shape index (κ2) is 9.38. The van der Waals surface area contributed by atoms with Crippen molar-refractivity contribution in [1.82, 2.24) is 9.80 Å². The Bertz CT molecular complexity index is 667. The number of aliphatic hydroxyl groups excluding tert-OH is 1. The van der Waals surface area contributed by atoms with Gasteiger partial charge in [0.15, 0.2) is 0 Å². The number of aliphatic hydroxyl groups is 1. The average Bonchev–Trinajstić information content (AvgIpc) is 2.65. The first-order chi connectivity index (χ1) is 12.6. The van der Waals surface area contributed by atoms with E-state index in [4.69, 9.17) is 16.3 Å². The van der Waals surface area contributed by atoms with Gasteiger partial charge in [0.05, 0.1) is 0 Å². The third kappa shape index (κ3) is 5.99. The monoisotopic (exact) mass is 374 g/mol. The van der Waals surface area contributed by atoms with E-state index in [1.165, 1.54) is 11.1 Å². The summed E-state index contributed by atoms with van der Waals surface area (Å²) in [7, 11) is 0. The molecule has 2 aromatic carbocycles. The normalized spacial score (nSPS) is 17.2. The Balaban J connectivity index is 1.36. The summed E-state index contributed by atoms with van der Waals surface area (Å²) >= 11 is 5.94. The van der Waals surface area contributed by atoms with E-state index in [0.717, 1.165) is 43.5 Å². The number of ether oxygens (including phenoxy) is 1. The Hall–Kier alpha value is -1.59. The summed E-state index contributed by atoms with van der Waals surface area (Å²) in [6.45, 7) is 7.93. The number of piperazine rings is 1. The van der Waals surface area contributed by atoms with Crippen LogP contribution in [0.3, 0.4) is 0 Å². The topological polar surface area (TPSA) is 35.9 Å². The molecule has 0 bridgehead atoms. The van der Waals surface area contributed by atoms with Crippen molar-refractivity contribution in [3.63, 3.8) is 0 Å². The lowest BCUT2D eigenvalue weighted by Gasteiger charge is -2.35. The van der Waals surface area contributed by atoms with E-state index < -0.39 is 6.10 Å². The molecular weight excluding hydrogens is 348 g/mol. The Labute approximate surface area is 160 Å². The van der Waals surface area contributed by atoms with E-state index in [0.29, 0.717) is 13.2 Å². The van der Waals surface area contributed by atoms with Gasteiger partial charge < -0.3 is 9.84 Å². The van der Waals surface area contributed by atoms with Gasteiger partial charge in [-0.1, -0.05) is 41.4 Å². The lowest BCUT2D eigenvalue weighted by Crippen LogP contribution is -2.48. The van der Waals surface area contributed by atoms with Gasteiger partial charge in [-0.15, -0.1) is 0 Å². The van der Waals surface area contributed by atoms with E-state index in [9.17, 15) is 5.11 Å². The molecular formula is C21H27ClN2O2. The van der Waals surface area contributed by atoms with E-state index in [-0.39, 0.29) is 0 Å². The minimum absolute atomic E-state index is 0.327. The quantitative estimate of drug-likeness (QED) is 0.807. The maximum Gasteiger partial charge on any atom is 0.119 e. The SMILES string of the molecule is Cc1ccc(OCC(O)CN2CCN(Cc3ccc(Cl)cc3)CC2)cc1. The van der Waals surface area contributed by atoms with Crippen molar-refractivity contribution < 1.29 is 9.84 Å². The zero-order valence-electron chi connectivity index (χ0n) is 15.3. The van der Waals surface area contributed by atoms with E-state index in [2.05, 4.69) is 21.9 Å². The van der Waals surface area contributed by atoms with E-state index in [1.807, 2.05) is 43.3 Å². The Kier molecular flexibility index (Phi) is 6.92. The van der Waals surface area contributed by atoms with Gasteiger partial charge >= 0.3 is 0 Å². The van der Waals surface area contributed by atoms with Gasteiger partial charge in [0, 0.05) is 44.3 Å². The van der Waals surface area contributed by atoms with Crippen LogP contribution in [-0.2, 0) is 6.54 Å². The summed E-state index contributed by atoms with van der Waals surface area (Å²) in [6.07, 6.45) is -0.473. The number of aryl methyl sites for hydroxylation is 1. The summed E-state index contributed by atoms with van der Waals surface area (Å²) in [5.74, 6) is 0.808. The number of halogens is 1. The second-order valence-electron chi connectivity index (χ2n) is 6.98. The number of hydrogen-bond donors (Lipinski definition) is 1. The number of hydrogen-bond acceptors (Lipinski definition) is 4. The molecule has 1 fully saturated rings. The van der Waals surface area contributed by atoms with E-state index >= 15 is 0 Å². The van der Waals surface area contributed by atoms with Crippen molar-refractivity contribution in [2.24, 2.45) is 0 Å². The Morgan fingerprint density at radius 2 is 1.58 bits per heavy atom. The zero-order valence-corrected chi connectivity index (χ0v) is 16.0. The standard InChI is InChI=1S/C21H27ClN2O2/c1-17-2-8-21(9-3-17)26-16-20(25)15-24-12-10-23(11-13-24)14-18-4-6-19(22)7-5-18/h2-9,20,25H,10-16H2,1H3. The van der Waals surface area contributed by atoms with Gasteiger partial charge in [0.1, 0.15) is 18.5 Å². The van der Waals surface area contributed by atoms with Crippen molar-refractivity contribution in [1.29, 1.82) is 0 Å². The van der Waals surface area contributed by atoms with Crippen LogP contribution in [0.4, 0.5) is 0 Å². The maximum atomic E-state index is 10.3. The minimum Gasteiger partial charge on any atom is -0.491 e. The molecule has 1 unspecified atom stereocenters. The zero-order chi connectivity index (χ0) is 18.4. The van der Waals surface area contributed by atoms with Crippen molar-refractivity contribution in [2.45, 2.75) is 19.6 Å². The molecule has 0 radical (unpaired) electrons. The number of benzene rings is 2. The number of β-amino-alcohol motifs (C(OH)–C–C–N with tert-alkyl or cyclic N) is 1. The smallest absolute Gasteiger partial charge is 0.119 e. The molecule has 140 valence electrons. The molecule has 5 heteroatoms. The van der Waals surface area contributed by atoms with E-state index in [1.54, 1.807) is 0 Å². The molecule has 0 saturated carbocycles. The molecule has 26 heavy (non-hydrogen) atoms. The largest absolute Gasteiger partial charge is 0.491 e. The van der Waals surface area contributed by atoms with Crippen molar-refractivity contribution in [2.75, 3.05) is 39.3 Å². The first kappa shape index (κ1) is 19.2. The second-order valence-corrected chi connectivity index (χ2v) is 7.42. The van der Waals surface area contributed by atoms with Gasteiger partial charge in [0.2, 0.25) is 0 Å². The van der Waals surface area contributed by atoms with Crippen LogP contribution < -0.4 is 4.74 Å². The van der Waals surface area contributed by atoms with Crippen LogP contribution in [0.15, 0.2) is 48.5 Å². The van der Waals surface area contributed by atoms with Gasteiger partial charge in [0.25, 0.3) is 0 Å². The molecule has 1 aliphatic heterocycles. The fourth-order valence-electron chi connectivity index (χ4n) is 3.16. The molecule has 4 nitrogen and oxygen atoms in total. The minimum atomic E-state index is -0.473. The third-order valence-electron chi connectivity index (χ3n) is 4.72. The summed E-state index contributed by atoms with van der Waals surface area (Å²) in [4.78, 5) is 4.75. The molecule has 1 saturated heterocycles. The molecule has 1 N–H and O–H groups in total. The molecule has 0 aromatic heterocycles. The summed E-state index contributed by atoms with van der Waals surface area (Å²) in [6, 6.07) is 16.0. The number of rotatable bonds is 7. The lowest BCUT2D eigenvalue weighted by molar-refractivity contribution is 0.0446. The highest BCUT2D eigenvalue weighted by molar-refractivity contribution is 6.30. The Morgan fingerprint density at radius 1 is 0.962 bits per heavy atom. The molecule has 2 aromatic rings. The highest BCUT2D eigenvalue weighted by atomic mass is 35.5. The predicted molar refractivity (Wildman–Crippen MR) is 106 cm³/mol. The van der Waals surface area contributed by atoms with Crippen LogP contribution in [0.2, 0.25) is 5.02 Å². The highest BCUT2D eigenvalue weighted by Crippen LogP contribution is 2.14. The van der Waals surface area contributed by atoms with Crippen LogP contribution in [0.25, 0.3) is 0 Å². The fourth-order valence-corrected chi connectivity index (χ4v) is 3.28. The number of nitrogens with zero attached hydrogens (tertiary/aromatic N) is 2. The Morgan fingerprint density at radius 3 is 2.23 bits per heavy atom. The molecule has 0 amide bonds. The summed E-state index contributed by atoms with van der Waals surface area (Å²) in [5.41, 5.74) is 2.49. The highest BCUT2D eigenvalue weighted by Gasteiger charge is 2.19.